The maximum Gasteiger partial charge on any atom is 0.263 e. The summed E-state index contributed by atoms with van der Waals surface area (Å²) in [4.78, 5) is 17.9. The van der Waals surface area contributed by atoms with E-state index >= 15 is 0 Å². The van der Waals surface area contributed by atoms with E-state index in [1.807, 2.05) is 19.1 Å². The first-order valence-corrected chi connectivity index (χ1v) is 10.5. The highest BCUT2D eigenvalue weighted by atomic mass is 32.1. The molecule has 2 aromatic rings. The number of ether oxygens (including phenoxy) is 1. The molecular weight excluding hydrogens is 372 g/mol. The molecule has 7 heteroatoms. The maximum atomic E-state index is 12.7. The second-order valence-corrected chi connectivity index (χ2v) is 8.46. The number of piperidine rings is 1. The summed E-state index contributed by atoms with van der Waals surface area (Å²) < 4.78 is 5.72. The van der Waals surface area contributed by atoms with E-state index in [0.29, 0.717) is 34.4 Å². The van der Waals surface area contributed by atoms with Gasteiger partial charge in [-0.25, -0.2) is 4.98 Å². The number of benzene rings is 1. The standard InChI is InChI=1S/C21H26N4O2S/c1-13(2)12-27-18-5-4-15(10-16(18)11-22)21-24-14(3)19(28-21)20(26)25-17-6-8-23-9-7-17/h4-5,10,13,17,23H,6-9,12H2,1-3H3,(H,25,26). The van der Waals surface area contributed by atoms with Crippen LogP contribution in [0.2, 0.25) is 0 Å². The molecule has 1 amide bonds. The third kappa shape index (κ3) is 4.89. The first-order valence-electron chi connectivity index (χ1n) is 9.64. The molecule has 0 aliphatic carbocycles. The zero-order valence-electron chi connectivity index (χ0n) is 16.5. The van der Waals surface area contributed by atoms with E-state index < -0.39 is 0 Å². The number of rotatable bonds is 6. The van der Waals surface area contributed by atoms with Crippen molar-refractivity contribution in [1.82, 2.24) is 15.6 Å². The molecule has 0 radical (unpaired) electrons. The van der Waals surface area contributed by atoms with Crippen molar-refractivity contribution in [3.63, 3.8) is 0 Å². The molecule has 0 unspecified atom stereocenters. The van der Waals surface area contributed by atoms with Gasteiger partial charge in [0.15, 0.2) is 0 Å². The Hall–Kier alpha value is -2.43. The van der Waals surface area contributed by atoms with Gasteiger partial charge in [-0.2, -0.15) is 5.26 Å². The highest BCUT2D eigenvalue weighted by Gasteiger charge is 2.21. The van der Waals surface area contributed by atoms with Crippen molar-refractivity contribution < 1.29 is 9.53 Å². The SMILES string of the molecule is Cc1nc(-c2ccc(OCC(C)C)c(C#N)c2)sc1C(=O)NC1CCNCC1. The summed E-state index contributed by atoms with van der Waals surface area (Å²) in [5.41, 5.74) is 2.01. The number of nitrogens with zero attached hydrogens (tertiary/aromatic N) is 2. The first kappa shape index (κ1) is 20.3. The summed E-state index contributed by atoms with van der Waals surface area (Å²) in [6, 6.07) is 7.88. The predicted octanol–water partition coefficient (Wildman–Crippen LogP) is 3.51. The fraction of sp³-hybridized carbons (Fsp3) is 0.476. The first-order chi connectivity index (χ1) is 13.5. The van der Waals surface area contributed by atoms with E-state index in [1.165, 1.54) is 11.3 Å². The van der Waals surface area contributed by atoms with Crippen LogP contribution < -0.4 is 15.4 Å². The molecule has 0 atom stereocenters. The molecule has 0 saturated carbocycles. The monoisotopic (exact) mass is 398 g/mol. The average Bonchev–Trinajstić information content (AvgIpc) is 3.08. The number of aromatic nitrogens is 1. The molecule has 1 aliphatic heterocycles. The zero-order chi connectivity index (χ0) is 20.1. The zero-order valence-corrected chi connectivity index (χ0v) is 17.4. The van der Waals surface area contributed by atoms with E-state index in [0.717, 1.165) is 36.5 Å². The Labute approximate surface area is 169 Å². The van der Waals surface area contributed by atoms with Crippen LogP contribution in [0.4, 0.5) is 0 Å². The minimum absolute atomic E-state index is 0.0643. The van der Waals surface area contributed by atoms with Gasteiger partial charge in [0.05, 0.1) is 17.9 Å². The van der Waals surface area contributed by atoms with Crippen molar-refractivity contribution in [3.05, 3.63) is 34.3 Å². The van der Waals surface area contributed by atoms with Gasteiger partial charge < -0.3 is 15.4 Å². The maximum absolute atomic E-state index is 12.7. The van der Waals surface area contributed by atoms with E-state index in [-0.39, 0.29) is 11.9 Å². The van der Waals surface area contributed by atoms with Crippen LogP contribution in [0.25, 0.3) is 10.6 Å². The number of amides is 1. The lowest BCUT2D eigenvalue weighted by atomic mass is 10.1. The number of carbonyl (C=O) groups is 1. The summed E-state index contributed by atoms with van der Waals surface area (Å²) in [6.45, 7) is 8.40. The van der Waals surface area contributed by atoms with Gasteiger partial charge in [0.25, 0.3) is 5.91 Å². The van der Waals surface area contributed by atoms with Crippen LogP contribution in [-0.2, 0) is 0 Å². The Bertz CT molecular complexity index is 879. The van der Waals surface area contributed by atoms with E-state index in [4.69, 9.17) is 4.74 Å². The Morgan fingerprint density at radius 3 is 2.86 bits per heavy atom. The summed E-state index contributed by atoms with van der Waals surface area (Å²) in [5, 5.41) is 16.6. The third-order valence-corrected chi connectivity index (χ3v) is 5.80. The van der Waals surface area contributed by atoms with Crippen molar-refractivity contribution in [2.45, 2.75) is 39.7 Å². The molecule has 1 aromatic carbocycles. The van der Waals surface area contributed by atoms with E-state index in [2.05, 4.69) is 35.5 Å². The summed E-state index contributed by atoms with van der Waals surface area (Å²) >= 11 is 1.36. The Balaban J connectivity index is 1.78. The highest BCUT2D eigenvalue weighted by Crippen LogP contribution is 2.31. The third-order valence-electron chi connectivity index (χ3n) is 4.60. The Kier molecular flexibility index (Phi) is 6.65. The Morgan fingerprint density at radius 2 is 2.18 bits per heavy atom. The van der Waals surface area contributed by atoms with Crippen LogP contribution in [0, 0.1) is 24.2 Å². The molecule has 1 saturated heterocycles. The molecule has 0 spiro atoms. The summed E-state index contributed by atoms with van der Waals surface area (Å²) in [6.07, 6.45) is 1.89. The summed E-state index contributed by atoms with van der Waals surface area (Å²) in [7, 11) is 0. The molecule has 6 nitrogen and oxygen atoms in total. The molecule has 3 rings (SSSR count). The van der Waals surface area contributed by atoms with Crippen LogP contribution in [0.1, 0.15) is 47.6 Å². The largest absolute Gasteiger partial charge is 0.492 e. The molecule has 2 heterocycles. The fourth-order valence-electron chi connectivity index (χ4n) is 3.08. The van der Waals surface area contributed by atoms with Crippen LogP contribution in [0.5, 0.6) is 5.75 Å². The molecule has 28 heavy (non-hydrogen) atoms. The predicted molar refractivity (Wildman–Crippen MR) is 111 cm³/mol. The van der Waals surface area contributed by atoms with Gasteiger partial charge in [-0.05, 0) is 57.0 Å². The van der Waals surface area contributed by atoms with Crippen LogP contribution in [0.3, 0.4) is 0 Å². The topological polar surface area (TPSA) is 87.0 Å². The van der Waals surface area contributed by atoms with Gasteiger partial charge in [-0.1, -0.05) is 13.8 Å². The fourth-order valence-corrected chi connectivity index (χ4v) is 4.05. The van der Waals surface area contributed by atoms with Gasteiger partial charge in [0, 0.05) is 11.6 Å². The van der Waals surface area contributed by atoms with E-state index in [1.54, 1.807) is 6.07 Å². The number of carbonyl (C=O) groups excluding carboxylic acids is 1. The number of hydrogen-bond acceptors (Lipinski definition) is 6. The van der Waals surface area contributed by atoms with Crippen LogP contribution >= 0.6 is 11.3 Å². The molecule has 0 bridgehead atoms. The number of thiazole rings is 1. The lowest BCUT2D eigenvalue weighted by molar-refractivity contribution is 0.0933. The lowest BCUT2D eigenvalue weighted by Crippen LogP contribution is -2.42. The van der Waals surface area contributed by atoms with Gasteiger partial charge in [-0.15, -0.1) is 11.3 Å². The van der Waals surface area contributed by atoms with Crippen LogP contribution in [-0.4, -0.2) is 36.6 Å². The minimum Gasteiger partial charge on any atom is -0.492 e. The van der Waals surface area contributed by atoms with Gasteiger partial charge >= 0.3 is 0 Å². The molecule has 2 N–H and O–H groups in total. The number of nitrogens with one attached hydrogen (secondary N) is 2. The van der Waals surface area contributed by atoms with Crippen molar-refractivity contribution in [1.29, 1.82) is 5.26 Å². The lowest BCUT2D eigenvalue weighted by Gasteiger charge is -2.23. The van der Waals surface area contributed by atoms with Gasteiger partial charge in [-0.3, -0.25) is 4.79 Å². The number of aryl methyl sites for hydroxylation is 1. The van der Waals surface area contributed by atoms with E-state index in [9.17, 15) is 10.1 Å². The molecule has 1 fully saturated rings. The highest BCUT2D eigenvalue weighted by molar-refractivity contribution is 7.17. The van der Waals surface area contributed by atoms with Gasteiger partial charge in [0.1, 0.15) is 21.7 Å². The second-order valence-electron chi connectivity index (χ2n) is 7.46. The summed E-state index contributed by atoms with van der Waals surface area (Å²) in [5.74, 6) is 0.900. The molecule has 1 aliphatic rings. The normalized spacial score (nSPS) is 14.7. The number of nitriles is 1. The van der Waals surface area contributed by atoms with Crippen molar-refractivity contribution >= 4 is 17.2 Å². The Morgan fingerprint density at radius 1 is 1.43 bits per heavy atom. The average molecular weight is 399 g/mol. The van der Waals surface area contributed by atoms with Crippen LogP contribution in [0.15, 0.2) is 18.2 Å². The van der Waals surface area contributed by atoms with Crippen molar-refractivity contribution in [2.75, 3.05) is 19.7 Å². The van der Waals surface area contributed by atoms with Crippen molar-refractivity contribution in [3.8, 4) is 22.4 Å². The number of hydrogen-bond donors (Lipinski definition) is 2. The minimum atomic E-state index is -0.0643. The smallest absolute Gasteiger partial charge is 0.263 e. The quantitative estimate of drug-likeness (QED) is 0.778. The van der Waals surface area contributed by atoms with Gasteiger partial charge in [0.2, 0.25) is 0 Å². The second kappa shape index (κ2) is 9.18. The molecule has 1 aromatic heterocycles. The molecular formula is C21H26N4O2S. The van der Waals surface area contributed by atoms with Crippen molar-refractivity contribution in [2.24, 2.45) is 5.92 Å². The molecule has 148 valence electrons.